The number of carboxylic acid groups (broad SMARTS) is 1. The van der Waals surface area contributed by atoms with Gasteiger partial charge in [0.25, 0.3) is 0 Å². The average molecular weight is 268 g/mol. The van der Waals surface area contributed by atoms with E-state index in [1.165, 1.54) is 13.2 Å². The van der Waals surface area contributed by atoms with Gasteiger partial charge in [0.05, 0.1) is 12.7 Å². The molecular formula is C12H10ClNO4. The van der Waals surface area contributed by atoms with Crippen LogP contribution in [0.1, 0.15) is 16.1 Å². The van der Waals surface area contributed by atoms with Crippen LogP contribution < -0.4 is 4.74 Å². The van der Waals surface area contributed by atoms with Crippen molar-refractivity contribution in [2.75, 3.05) is 7.11 Å². The molecule has 1 N–H and O–H groups in total. The van der Waals surface area contributed by atoms with Crippen LogP contribution in [0.4, 0.5) is 0 Å². The summed E-state index contributed by atoms with van der Waals surface area (Å²) in [6, 6.07) is 4.73. The van der Waals surface area contributed by atoms with Crippen LogP contribution in [-0.2, 0) is 0 Å². The van der Waals surface area contributed by atoms with Crippen LogP contribution in [0.25, 0.3) is 11.3 Å². The minimum absolute atomic E-state index is 0.161. The summed E-state index contributed by atoms with van der Waals surface area (Å²) in [5.41, 5.74) is 1.18. The van der Waals surface area contributed by atoms with Gasteiger partial charge < -0.3 is 14.4 Å². The third-order valence-electron chi connectivity index (χ3n) is 2.56. The molecule has 0 saturated carbocycles. The van der Waals surface area contributed by atoms with Crippen molar-refractivity contribution in [1.29, 1.82) is 0 Å². The van der Waals surface area contributed by atoms with E-state index in [0.29, 0.717) is 22.1 Å². The maximum absolute atomic E-state index is 10.8. The highest BCUT2D eigenvalue weighted by atomic mass is 35.5. The highest BCUT2D eigenvalue weighted by Gasteiger charge is 2.18. The summed E-state index contributed by atoms with van der Waals surface area (Å²) in [7, 11) is 1.51. The number of methoxy groups -OCH3 is 1. The zero-order chi connectivity index (χ0) is 13.3. The molecule has 0 amide bonds. The number of hydrogen-bond acceptors (Lipinski definition) is 4. The van der Waals surface area contributed by atoms with Gasteiger partial charge in [-0.3, -0.25) is 0 Å². The van der Waals surface area contributed by atoms with Gasteiger partial charge >= 0.3 is 5.97 Å². The van der Waals surface area contributed by atoms with Gasteiger partial charge in [-0.15, -0.1) is 0 Å². The van der Waals surface area contributed by atoms with E-state index < -0.39 is 5.97 Å². The Balaban J connectivity index is 2.61. The van der Waals surface area contributed by atoms with E-state index in [-0.39, 0.29) is 5.69 Å². The van der Waals surface area contributed by atoms with Crippen molar-refractivity contribution in [1.82, 2.24) is 5.16 Å². The summed E-state index contributed by atoms with van der Waals surface area (Å²) in [4.78, 5) is 10.8. The molecule has 0 radical (unpaired) electrons. The lowest BCUT2D eigenvalue weighted by Crippen LogP contribution is -1.94. The molecule has 2 aromatic rings. The standard InChI is InChI=1S/C12H10ClNO4/c1-6-7(13)3-4-9(17-2)11(6)10-5-8(12(15)16)14-18-10/h3-5H,1-2H3,(H,15,16). The SMILES string of the molecule is COc1ccc(Cl)c(C)c1-c1cc(C(=O)O)no1. The van der Waals surface area contributed by atoms with Crippen LogP contribution in [0.15, 0.2) is 22.7 Å². The van der Waals surface area contributed by atoms with Crippen molar-refractivity contribution in [3.05, 3.63) is 34.5 Å². The second-order valence-corrected chi connectivity index (χ2v) is 4.04. The molecule has 0 atom stereocenters. The molecular weight excluding hydrogens is 258 g/mol. The second-order valence-electron chi connectivity index (χ2n) is 3.63. The molecule has 0 unspecified atom stereocenters. The molecule has 0 fully saturated rings. The molecule has 0 aliphatic heterocycles. The summed E-state index contributed by atoms with van der Waals surface area (Å²) in [6.07, 6.45) is 0. The molecule has 94 valence electrons. The van der Waals surface area contributed by atoms with Gasteiger partial charge in [0.15, 0.2) is 11.5 Å². The van der Waals surface area contributed by atoms with Crippen molar-refractivity contribution in [2.45, 2.75) is 6.92 Å². The Bertz CT molecular complexity index is 606. The minimum Gasteiger partial charge on any atom is -0.496 e. The Kier molecular flexibility index (Phi) is 3.25. The molecule has 0 bridgehead atoms. The van der Waals surface area contributed by atoms with Crippen molar-refractivity contribution in [3.63, 3.8) is 0 Å². The Morgan fingerprint density at radius 3 is 2.78 bits per heavy atom. The second kappa shape index (κ2) is 4.70. The number of halogens is 1. The predicted octanol–water partition coefficient (Wildman–Crippen LogP) is 3.01. The van der Waals surface area contributed by atoms with Crippen molar-refractivity contribution in [2.24, 2.45) is 0 Å². The van der Waals surface area contributed by atoms with Gasteiger partial charge in [-0.05, 0) is 24.6 Å². The van der Waals surface area contributed by atoms with E-state index >= 15 is 0 Å². The number of aromatic carboxylic acids is 1. The lowest BCUT2D eigenvalue weighted by Gasteiger charge is -2.09. The quantitative estimate of drug-likeness (QED) is 0.925. The van der Waals surface area contributed by atoms with Crippen molar-refractivity contribution >= 4 is 17.6 Å². The number of hydrogen-bond donors (Lipinski definition) is 1. The van der Waals surface area contributed by atoms with E-state index in [9.17, 15) is 4.79 Å². The normalized spacial score (nSPS) is 10.4. The zero-order valence-corrected chi connectivity index (χ0v) is 10.5. The largest absolute Gasteiger partial charge is 0.496 e. The highest BCUT2D eigenvalue weighted by molar-refractivity contribution is 6.31. The first-order valence-electron chi connectivity index (χ1n) is 5.08. The van der Waals surface area contributed by atoms with E-state index in [0.717, 1.165) is 5.56 Å². The van der Waals surface area contributed by atoms with E-state index in [2.05, 4.69) is 5.16 Å². The van der Waals surface area contributed by atoms with E-state index in [1.807, 2.05) is 0 Å². The molecule has 1 aromatic carbocycles. The maximum atomic E-state index is 10.8. The Morgan fingerprint density at radius 2 is 2.22 bits per heavy atom. The third kappa shape index (κ3) is 2.04. The summed E-state index contributed by atoms with van der Waals surface area (Å²) in [6.45, 7) is 1.79. The fourth-order valence-electron chi connectivity index (χ4n) is 1.63. The first-order valence-corrected chi connectivity index (χ1v) is 5.46. The third-order valence-corrected chi connectivity index (χ3v) is 2.97. The number of carboxylic acids is 1. The summed E-state index contributed by atoms with van der Waals surface area (Å²) in [5, 5.41) is 12.8. The van der Waals surface area contributed by atoms with Crippen molar-refractivity contribution in [3.8, 4) is 17.1 Å². The van der Waals surface area contributed by atoms with Crippen LogP contribution in [0.5, 0.6) is 5.75 Å². The molecule has 0 aliphatic carbocycles. The number of aromatic nitrogens is 1. The van der Waals surface area contributed by atoms with Crippen LogP contribution in [0.3, 0.4) is 0 Å². The fourth-order valence-corrected chi connectivity index (χ4v) is 1.79. The molecule has 5 nitrogen and oxygen atoms in total. The minimum atomic E-state index is -1.15. The lowest BCUT2D eigenvalue weighted by atomic mass is 10.0. The van der Waals surface area contributed by atoms with Crippen LogP contribution in [-0.4, -0.2) is 23.3 Å². The number of rotatable bonds is 3. The highest BCUT2D eigenvalue weighted by Crippen LogP contribution is 2.37. The van der Waals surface area contributed by atoms with Crippen LogP contribution in [0.2, 0.25) is 5.02 Å². The van der Waals surface area contributed by atoms with Gasteiger partial charge in [-0.25, -0.2) is 4.79 Å². The van der Waals surface area contributed by atoms with Gasteiger partial charge in [0.2, 0.25) is 0 Å². The average Bonchev–Trinajstić information content (AvgIpc) is 2.81. The number of carbonyl (C=O) groups is 1. The molecule has 0 saturated heterocycles. The molecule has 0 spiro atoms. The fraction of sp³-hybridized carbons (Fsp3) is 0.167. The van der Waals surface area contributed by atoms with E-state index in [4.69, 9.17) is 26.0 Å². The summed E-state index contributed by atoms with van der Waals surface area (Å²) < 4.78 is 10.2. The molecule has 2 rings (SSSR count). The lowest BCUT2D eigenvalue weighted by molar-refractivity contribution is 0.0686. The Labute approximate surface area is 108 Å². The summed E-state index contributed by atoms with van der Waals surface area (Å²) >= 11 is 6.03. The van der Waals surface area contributed by atoms with Gasteiger partial charge in [-0.2, -0.15) is 0 Å². The molecule has 1 heterocycles. The van der Waals surface area contributed by atoms with Gasteiger partial charge in [-0.1, -0.05) is 16.8 Å². The number of benzene rings is 1. The summed E-state index contributed by atoms with van der Waals surface area (Å²) in [5.74, 6) is -0.294. The topological polar surface area (TPSA) is 72.6 Å². The molecule has 6 heteroatoms. The first kappa shape index (κ1) is 12.4. The molecule has 0 aliphatic rings. The number of nitrogens with zero attached hydrogens (tertiary/aromatic N) is 1. The predicted molar refractivity (Wildman–Crippen MR) is 65.2 cm³/mol. The monoisotopic (exact) mass is 267 g/mol. The van der Waals surface area contributed by atoms with Gasteiger partial charge in [0.1, 0.15) is 5.75 Å². The number of ether oxygens (including phenoxy) is 1. The van der Waals surface area contributed by atoms with Gasteiger partial charge in [0, 0.05) is 11.1 Å². The Morgan fingerprint density at radius 1 is 1.50 bits per heavy atom. The molecule has 1 aromatic heterocycles. The maximum Gasteiger partial charge on any atom is 0.358 e. The zero-order valence-electron chi connectivity index (χ0n) is 9.73. The first-order chi connectivity index (χ1) is 8.54. The van der Waals surface area contributed by atoms with E-state index in [1.54, 1.807) is 19.1 Å². The Hall–Kier alpha value is -2.01. The molecule has 18 heavy (non-hydrogen) atoms. The van der Waals surface area contributed by atoms with Crippen LogP contribution in [0, 0.1) is 6.92 Å². The smallest absolute Gasteiger partial charge is 0.358 e. The van der Waals surface area contributed by atoms with Crippen LogP contribution >= 0.6 is 11.6 Å². The van der Waals surface area contributed by atoms with Crippen molar-refractivity contribution < 1.29 is 19.2 Å².